The van der Waals surface area contributed by atoms with Crippen LogP contribution in [-0.2, 0) is 6.54 Å². The quantitative estimate of drug-likeness (QED) is 0.592. The van der Waals surface area contributed by atoms with E-state index in [1.165, 1.54) is 6.07 Å². The summed E-state index contributed by atoms with van der Waals surface area (Å²) < 4.78 is 16.0. The third kappa shape index (κ3) is 3.02. The van der Waals surface area contributed by atoms with E-state index >= 15 is 0 Å². The SMILES string of the molecule is Cc1cc(-c2ccc3ccn(Cc4ccccc4F)c3c2)c(C#N)c(=O)[nH]1. The summed E-state index contributed by atoms with van der Waals surface area (Å²) >= 11 is 0. The van der Waals surface area contributed by atoms with Gasteiger partial charge < -0.3 is 9.55 Å². The molecule has 4 nitrogen and oxygen atoms in total. The Kier molecular flexibility index (Phi) is 4.09. The van der Waals surface area contributed by atoms with Crippen molar-refractivity contribution in [2.24, 2.45) is 0 Å². The van der Waals surface area contributed by atoms with Gasteiger partial charge >= 0.3 is 0 Å². The number of aryl methyl sites for hydroxylation is 1. The third-order valence-electron chi connectivity index (χ3n) is 4.66. The summed E-state index contributed by atoms with van der Waals surface area (Å²) in [5.41, 5.74) is 3.28. The van der Waals surface area contributed by atoms with E-state index in [0.29, 0.717) is 23.4 Å². The molecule has 132 valence electrons. The van der Waals surface area contributed by atoms with Crippen molar-refractivity contribution in [2.45, 2.75) is 13.5 Å². The average molecular weight is 357 g/mol. The fourth-order valence-electron chi connectivity index (χ4n) is 3.33. The fourth-order valence-corrected chi connectivity index (χ4v) is 3.33. The first-order valence-corrected chi connectivity index (χ1v) is 8.53. The summed E-state index contributed by atoms with van der Waals surface area (Å²) in [6.45, 7) is 2.19. The van der Waals surface area contributed by atoms with Gasteiger partial charge in [-0.25, -0.2) is 4.39 Å². The second-order valence-corrected chi connectivity index (χ2v) is 6.49. The molecule has 0 aliphatic rings. The smallest absolute Gasteiger partial charge is 0.266 e. The van der Waals surface area contributed by atoms with Gasteiger partial charge in [0.2, 0.25) is 0 Å². The molecule has 0 aliphatic heterocycles. The largest absolute Gasteiger partial charge is 0.343 e. The molecule has 4 aromatic rings. The van der Waals surface area contributed by atoms with Gasteiger partial charge in [0.15, 0.2) is 0 Å². The van der Waals surface area contributed by atoms with Crippen LogP contribution < -0.4 is 5.56 Å². The first-order chi connectivity index (χ1) is 13.1. The van der Waals surface area contributed by atoms with E-state index in [1.54, 1.807) is 25.1 Å². The number of hydrogen-bond donors (Lipinski definition) is 1. The number of aromatic amines is 1. The van der Waals surface area contributed by atoms with Crippen molar-refractivity contribution in [1.82, 2.24) is 9.55 Å². The normalized spacial score (nSPS) is 10.9. The van der Waals surface area contributed by atoms with E-state index in [0.717, 1.165) is 16.5 Å². The summed E-state index contributed by atoms with van der Waals surface area (Å²) in [6, 6.07) is 18.2. The van der Waals surface area contributed by atoms with Crippen LogP contribution in [-0.4, -0.2) is 9.55 Å². The summed E-state index contributed by atoms with van der Waals surface area (Å²) in [5.74, 6) is -0.243. The molecule has 0 atom stereocenters. The average Bonchev–Trinajstić information content (AvgIpc) is 3.05. The highest BCUT2D eigenvalue weighted by Gasteiger charge is 2.12. The van der Waals surface area contributed by atoms with Crippen LogP contribution in [0.3, 0.4) is 0 Å². The predicted octanol–water partition coefficient (Wildman–Crippen LogP) is 4.36. The number of benzene rings is 2. The molecule has 1 N–H and O–H groups in total. The number of nitrogens with one attached hydrogen (secondary N) is 1. The number of hydrogen-bond acceptors (Lipinski definition) is 2. The lowest BCUT2D eigenvalue weighted by Crippen LogP contribution is -2.12. The van der Waals surface area contributed by atoms with E-state index in [1.807, 2.05) is 47.2 Å². The second-order valence-electron chi connectivity index (χ2n) is 6.49. The predicted molar refractivity (Wildman–Crippen MR) is 103 cm³/mol. The van der Waals surface area contributed by atoms with Crippen molar-refractivity contribution >= 4 is 10.9 Å². The maximum atomic E-state index is 14.0. The van der Waals surface area contributed by atoms with Gasteiger partial charge in [-0.15, -0.1) is 0 Å². The minimum atomic E-state index is -0.394. The molecule has 27 heavy (non-hydrogen) atoms. The summed E-state index contributed by atoms with van der Waals surface area (Å²) in [7, 11) is 0. The zero-order valence-electron chi connectivity index (χ0n) is 14.7. The number of nitriles is 1. The Morgan fingerprint density at radius 3 is 2.74 bits per heavy atom. The van der Waals surface area contributed by atoms with Gasteiger partial charge in [-0.05, 0) is 42.1 Å². The van der Waals surface area contributed by atoms with Gasteiger partial charge in [0, 0.05) is 28.5 Å². The lowest BCUT2D eigenvalue weighted by atomic mass is 10.00. The Balaban J connectivity index is 1.85. The van der Waals surface area contributed by atoms with Crippen LogP contribution in [0.5, 0.6) is 0 Å². The van der Waals surface area contributed by atoms with Crippen molar-refractivity contribution in [3.8, 4) is 17.2 Å². The van der Waals surface area contributed by atoms with E-state index in [2.05, 4.69) is 4.98 Å². The molecule has 4 rings (SSSR count). The Morgan fingerprint density at radius 2 is 1.96 bits per heavy atom. The maximum absolute atomic E-state index is 14.0. The van der Waals surface area contributed by atoms with E-state index in [9.17, 15) is 14.4 Å². The standard InChI is InChI=1S/C22H16FN3O/c1-14-10-18(19(12-24)22(27)25-14)16-7-6-15-8-9-26(21(15)11-16)13-17-4-2-3-5-20(17)23/h2-11H,13H2,1H3,(H,25,27). The second kappa shape index (κ2) is 6.58. The molecule has 0 fully saturated rings. The number of fused-ring (bicyclic) bond motifs is 1. The van der Waals surface area contributed by atoms with Gasteiger partial charge in [-0.3, -0.25) is 4.79 Å². The van der Waals surface area contributed by atoms with Gasteiger partial charge in [0.1, 0.15) is 17.4 Å². The molecule has 0 spiro atoms. The molecule has 0 radical (unpaired) electrons. The number of pyridine rings is 1. The Bertz CT molecular complexity index is 1260. The zero-order chi connectivity index (χ0) is 19.0. The molecular formula is C22H16FN3O. The van der Waals surface area contributed by atoms with Crippen LogP contribution in [0, 0.1) is 24.1 Å². The molecule has 0 bridgehead atoms. The highest BCUT2D eigenvalue weighted by molar-refractivity contribution is 5.86. The number of H-pyrrole nitrogens is 1. The zero-order valence-corrected chi connectivity index (χ0v) is 14.7. The minimum absolute atomic E-state index is 0.0900. The number of rotatable bonds is 3. The summed E-state index contributed by atoms with van der Waals surface area (Å²) in [4.78, 5) is 14.8. The first kappa shape index (κ1) is 16.8. The Labute approximate surface area is 155 Å². The van der Waals surface area contributed by atoms with E-state index < -0.39 is 5.56 Å². The van der Waals surface area contributed by atoms with Gasteiger partial charge in [0.25, 0.3) is 5.56 Å². The molecule has 0 saturated heterocycles. The highest BCUT2D eigenvalue weighted by Crippen LogP contribution is 2.27. The van der Waals surface area contributed by atoms with Crippen molar-refractivity contribution in [3.63, 3.8) is 0 Å². The maximum Gasteiger partial charge on any atom is 0.266 e. The van der Waals surface area contributed by atoms with Crippen LogP contribution >= 0.6 is 0 Å². The van der Waals surface area contributed by atoms with E-state index in [-0.39, 0.29) is 11.4 Å². The fraction of sp³-hybridized carbons (Fsp3) is 0.0909. The van der Waals surface area contributed by atoms with Crippen LogP contribution in [0.4, 0.5) is 4.39 Å². The topological polar surface area (TPSA) is 61.6 Å². The number of halogens is 1. The molecule has 5 heteroatoms. The molecular weight excluding hydrogens is 341 g/mol. The van der Waals surface area contributed by atoms with Crippen LogP contribution in [0.25, 0.3) is 22.0 Å². The van der Waals surface area contributed by atoms with E-state index in [4.69, 9.17) is 0 Å². The monoisotopic (exact) mass is 357 g/mol. The number of nitrogens with zero attached hydrogens (tertiary/aromatic N) is 2. The van der Waals surface area contributed by atoms with Crippen LogP contribution in [0.2, 0.25) is 0 Å². The lowest BCUT2D eigenvalue weighted by molar-refractivity contribution is 0.602. The van der Waals surface area contributed by atoms with Crippen LogP contribution in [0.1, 0.15) is 16.8 Å². The number of aromatic nitrogens is 2. The van der Waals surface area contributed by atoms with Crippen LogP contribution in [0.15, 0.2) is 65.6 Å². The molecule has 2 aromatic heterocycles. The Hall–Kier alpha value is -3.65. The van der Waals surface area contributed by atoms with Gasteiger partial charge in [0.05, 0.1) is 6.54 Å². The Morgan fingerprint density at radius 1 is 1.15 bits per heavy atom. The molecule has 2 heterocycles. The van der Waals surface area contributed by atoms with Gasteiger partial charge in [-0.2, -0.15) is 5.26 Å². The molecule has 0 saturated carbocycles. The van der Waals surface area contributed by atoms with Gasteiger partial charge in [-0.1, -0.05) is 30.3 Å². The third-order valence-corrected chi connectivity index (χ3v) is 4.66. The molecule has 0 amide bonds. The van der Waals surface area contributed by atoms with Crippen molar-refractivity contribution in [2.75, 3.05) is 0 Å². The molecule has 2 aromatic carbocycles. The molecule has 0 unspecified atom stereocenters. The lowest BCUT2D eigenvalue weighted by Gasteiger charge is -2.09. The summed E-state index contributed by atoms with van der Waals surface area (Å²) in [6.07, 6.45) is 1.91. The first-order valence-electron chi connectivity index (χ1n) is 8.53. The highest BCUT2D eigenvalue weighted by atomic mass is 19.1. The minimum Gasteiger partial charge on any atom is -0.343 e. The van der Waals surface area contributed by atoms with Crippen molar-refractivity contribution in [1.29, 1.82) is 5.26 Å². The molecule has 0 aliphatic carbocycles. The summed E-state index contributed by atoms with van der Waals surface area (Å²) in [5, 5.41) is 10.4. The van der Waals surface area contributed by atoms with Crippen molar-refractivity contribution < 1.29 is 4.39 Å². The van der Waals surface area contributed by atoms with Crippen molar-refractivity contribution in [3.05, 3.63) is 93.8 Å².